The number of rotatable bonds is 8. The van der Waals surface area contributed by atoms with Gasteiger partial charge in [-0.15, -0.1) is 0 Å². The van der Waals surface area contributed by atoms with Crippen LogP contribution in [0.4, 0.5) is 0 Å². The summed E-state index contributed by atoms with van der Waals surface area (Å²) in [4.78, 5) is 20.4. The largest absolute Gasteiger partial charge is 0.493 e. The summed E-state index contributed by atoms with van der Waals surface area (Å²) in [6, 6.07) is 5.32. The third-order valence-electron chi connectivity index (χ3n) is 3.59. The van der Waals surface area contributed by atoms with Gasteiger partial charge in [0, 0.05) is 13.3 Å². The molecular weight excluding hydrogens is 322 g/mol. The second kappa shape index (κ2) is 8.98. The minimum absolute atomic E-state index is 0.225. The molecule has 134 valence electrons. The van der Waals surface area contributed by atoms with Gasteiger partial charge in [0.15, 0.2) is 11.5 Å². The van der Waals surface area contributed by atoms with E-state index in [1.54, 1.807) is 20.4 Å². The molecule has 0 fully saturated rings. The number of carbonyl (C=O) groups is 1. The normalized spacial score (nSPS) is 11.7. The fourth-order valence-corrected chi connectivity index (χ4v) is 2.17. The predicted octanol–water partition coefficient (Wildman–Crippen LogP) is 2.31. The molecule has 1 amide bonds. The molecule has 0 aliphatic heterocycles. The standard InChI is InChI=1S/C18H23N3O4/c1-12-10-20-15(11-19-12)18(22)21-13(2)14-5-6-16(17(9-14)24-4)25-8-7-23-3/h5-6,9-11,13H,7-8H2,1-4H3,(H,21,22)/t13-/m0/s1. The summed E-state index contributed by atoms with van der Waals surface area (Å²) in [5, 5.41) is 2.90. The van der Waals surface area contributed by atoms with Gasteiger partial charge < -0.3 is 19.5 Å². The molecule has 0 aliphatic rings. The van der Waals surface area contributed by atoms with Crippen molar-refractivity contribution in [2.75, 3.05) is 27.4 Å². The van der Waals surface area contributed by atoms with Gasteiger partial charge in [-0.2, -0.15) is 0 Å². The lowest BCUT2D eigenvalue weighted by molar-refractivity contribution is 0.0934. The van der Waals surface area contributed by atoms with Crippen molar-refractivity contribution in [1.82, 2.24) is 15.3 Å². The minimum atomic E-state index is -0.278. The first-order valence-corrected chi connectivity index (χ1v) is 7.94. The Morgan fingerprint density at radius 1 is 1.16 bits per heavy atom. The molecule has 0 saturated heterocycles. The molecule has 0 saturated carbocycles. The molecule has 0 unspecified atom stereocenters. The van der Waals surface area contributed by atoms with Gasteiger partial charge in [-0.05, 0) is 31.5 Å². The number of hydrogen-bond donors (Lipinski definition) is 1. The molecule has 1 heterocycles. The molecule has 0 aliphatic carbocycles. The number of aryl methyl sites for hydroxylation is 1. The van der Waals surface area contributed by atoms with Crippen LogP contribution >= 0.6 is 0 Å². The van der Waals surface area contributed by atoms with E-state index in [4.69, 9.17) is 14.2 Å². The molecule has 1 N–H and O–H groups in total. The molecule has 2 aromatic rings. The highest BCUT2D eigenvalue weighted by atomic mass is 16.5. The smallest absolute Gasteiger partial charge is 0.271 e. The van der Waals surface area contributed by atoms with Crippen molar-refractivity contribution in [2.24, 2.45) is 0 Å². The van der Waals surface area contributed by atoms with Crippen LogP contribution < -0.4 is 14.8 Å². The van der Waals surface area contributed by atoms with Crippen LogP contribution in [0.5, 0.6) is 11.5 Å². The van der Waals surface area contributed by atoms with Gasteiger partial charge in [-0.25, -0.2) is 4.98 Å². The van der Waals surface area contributed by atoms with Gasteiger partial charge >= 0.3 is 0 Å². The predicted molar refractivity (Wildman–Crippen MR) is 93.0 cm³/mol. The second-order valence-corrected chi connectivity index (χ2v) is 5.49. The molecular formula is C18H23N3O4. The SMILES string of the molecule is COCCOc1ccc([C@H](C)NC(=O)c2cnc(C)cn2)cc1OC. The number of amides is 1. The molecule has 1 aromatic carbocycles. The third kappa shape index (κ3) is 5.15. The Morgan fingerprint density at radius 2 is 1.96 bits per heavy atom. The topological polar surface area (TPSA) is 82.6 Å². The lowest BCUT2D eigenvalue weighted by atomic mass is 10.1. The van der Waals surface area contributed by atoms with Crippen LogP contribution in [0.3, 0.4) is 0 Å². The van der Waals surface area contributed by atoms with Crippen molar-refractivity contribution < 1.29 is 19.0 Å². The van der Waals surface area contributed by atoms with Crippen LogP contribution in [0.15, 0.2) is 30.6 Å². The van der Waals surface area contributed by atoms with Crippen LogP contribution in [0, 0.1) is 6.92 Å². The summed E-state index contributed by atoms with van der Waals surface area (Å²) in [5.74, 6) is 0.954. The maximum atomic E-state index is 12.3. The summed E-state index contributed by atoms with van der Waals surface area (Å²) in [6.45, 7) is 4.64. The molecule has 1 aromatic heterocycles. The van der Waals surface area contributed by atoms with E-state index < -0.39 is 0 Å². The highest BCUT2D eigenvalue weighted by molar-refractivity contribution is 5.92. The highest BCUT2D eigenvalue weighted by Gasteiger charge is 2.15. The number of hydrogen-bond acceptors (Lipinski definition) is 6. The minimum Gasteiger partial charge on any atom is -0.493 e. The molecule has 0 bridgehead atoms. The van der Waals surface area contributed by atoms with Crippen molar-refractivity contribution >= 4 is 5.91 Å². The van der Waals surface area contributed by atoms with Crippen LogP contribution in [-0.4, -0.2) is 43.3 Å². The lowest BCUT2D eigenvalue weighted by Crippen LogP contribution is -2.27. The van der Waals surface area contributed by atoms with Crippen LogP contribution in [0.1, 0.15) is 34.7 Å². The molecule has 1 atom stereocenters. The van der Waals surface area contributed by atoms with Gasteiger partial charge in [0.1, 0.15) is 12.3 Å². The fraction of sp³-hybridized carbons (Fsp3) is 0.389. The van der Waals surface area contributed by atoms with E-state index in [9.17, 15) is 4.79 Å². The second-order valence-electron chi connectivity index (χ2n) is 5.49. The van der Waals surface area contributed by atoms with Crippen molar-refractivity contribution in [1.29, 1.82) is 0 Å². The Labute approximate surface area is 147 Å². The zero-order valence-electron chi connectivity index (χ0n) is 14.9. The molecule has 7 nitrogen and oxygen atoms in total. The van der Waals surface area contributed by atoms with E-state index in [0.29, 0.717) is 24.7 Å². The summed E-state index contributed by atoms with van der Waals surface area (Å²) in [5.41, 5.74) is 1.94. The van der Waals surface area contributed by atoms with Crippen LogP contribution in [0.2, 0.25) is 0 Å². The van der Waals surface area contributed by atoms with Gasteiger partial charge in [0.25, 0.3) is 5.91 Å². The zero-order chi connectivity index (χ0) is 18.2. The Balaban J connectivity index is 2.06. The number of nitrogens with zero attached hydrogens (tertiary/aromatic N) is 2. The highest BCUT2D eigenvalue weighted by Crippen LogP contribution is 2.30. The van der Waals surface area contributed by atoms with Gasteiger partial charge in [0.2, 0.25) is 0 Å². The van der Waals surface area contributed by atoms with E-state index >= 15 is 0 Å². The summed E-state index contributed by atoms with van der Waals surface area (Å²) >= 11 is 0. The number of methoxy groups -OCH3 is 2. The molecule has 0 spiro atoms. The van der Waals surface area contributed by atoms with Crippen molar-refractivity contribution in [2.45, 2.75) is 19.9 Å². The average molecular weight is 345 g/mol. The van der Waals surface area contributed by atoms with E-state index in [-0.39, 0.29) is 17.6 Å². The first kappa shape index (κ1) is 18.7. The molecule has 0 radical (unpaired) electrons. The maximum absolute atomic E-state index is 12.3. The monoisotopic (exact) mass is 345 g/mol. The summed E-state index contributed by atoms with van der Waals surface area (Å²) < 4.78 is 15.9. The third-order valence-corrected chi connectivity index (χ3v) is 3.59. The first-order valence-electron chi connectivity index (χ1n) is 7.94. The van der Waals surface area contributed by atoms with Crippen molar-refractivity contribution in [3.05, 3.63) is 47.5 Å². The van der Waals surface area contributed by atoms with E-state index in [1.807, 2.05) is 32.0 Å². The van der Waals surface area contributed by atoms with Gasteiger partial charge in [0.05, 0.1) is 31.6 Å². The van der Waals surface area contributed by atoms with Crippen molar-refractivity contribution in [3.8, 4) is 11.5 Å². The summed E-state index contributed by atoms with van der Waals surface area (Å²) in [6.07, 6.45) is 3.03. The zero-order valence-corrected chi connectivity index (χ0v) is 14.9. The maximum Gasteiger partial charge on any atom is 0.271 e. The van der Waals surface area contributed by atoms with E-state index in [0.717, 1.165) is 11.3 Å². The summed E-state index contributed by atoms with van der Waals surface area (Å²) in [7, 11) is 3.19. The lowest BCUT2D eigenvalue weighted by Gasteiger charge is -2.17. The Bertz CT molecular complexity index is 704. The number of carbonyl (C=O) groups excluding carboxylic acids is 1. The average Bonchev–Trinajstić information content (AvgIpc) is 2.62. The Kier molecular flexibility index (Phi) is 6.71. The van der Waals surface area contributed by atoms with Gasteiger partial charge in [-0.1, -0.05) is 6.07 Å². The number of benzene rings is 1. The molecule has 2 rings (SSSR count). The first-order chi connectivity index (χ1) is 12.0. The quantitative estimate of drug-likeness (QED) is 0.739. The Hall–Kier alpha value is -2.67. The number of aromatic nitrogens is 2. The van der Waals surface area contributed by atoms with E-state index in [1.165, 1.54) is 6.20 Å². The Morgan fingerprint density at radius 3 is 2.60 bits per heavy atom. The molecule has 25 heavy (non-hydrogen) atoms. The van der Waals surface area contributed by atoms with E-state index in [2.05, 4.69) is 15.3 Å². The molecule has 7 heteroatoms. The number of nitrogens with one attached hydrogen (secondary N) is 1. The van der Waals surface area contributed by atoms with Gasteiger partial charge in [-0.3, -0.25) is 9.78 Å². The van der Waals surface area contributed by atoms with Crippen molar-refractivity contribution in [3.63, 3.8) is 0 Å². The fourth-order valence-electron chi connectivity index (χ4n) is 2.17. The number of ether oxygens (including phenoxy) is 3. The van der Waals surface area contributed by atoms with Crippen LogP contribution in [-0.2, 0) is 4.74 Å². The van der Waals surface area contributed by atoms with Crippen LogP contribution in [0.25, 0.3) is 0 Å².